The molecule has 0 saturated carbocycles. The summed E-state index contributed by atoms with van der Waals surface area (Å²) < 4.78 is 78.8. The SMILES string of the molecule is CC(C)CCC(F)(F)C(F)(F)S(=O)(=O)O. The summed E-state index contributed by atoms with van der Waals surface area (Å²) in [5.41, 5.74) is 0. The second-order valence-corrected chi connectivity index (χ2v) is 5.09. The van der Waals surface area contributed by atoms with E-state index in [0.717, 1.165) is 0 Å². The molecule has 0 heterocycles. The highest BCUT2D eigenvalue weighted by Crippen LogP contribution is 2.41. The largest absolute Gasteiger partial charge is 0.431 e. The Hall–Kier alpha value is -0.370. The fraction of sp³-hybridized carbons (Fsp3) is 1.00. The summed E-state index contributed by atoms with van der Waals surface area (Å²) in [7, 11) is -6.09. The van der Waals surface area contributed by atoms with Crippen molar-refractivity contribution in [2.24, 2.45) is 5.92 Å². The Kier molecular flexibility index (Phi) is 4.14. The van der Waals surface area contributed by atoms with Gasteiger partial charge in [-0.2, -0.15) is 26.0 Å². The zero-order chi connectivity index (χ0) is 12.5. The maximum Gasteiger partial charge on any atom is 0.431 e. The zero-order valence-electron chi connectivity index (χ0n) is 8.18. The molecule has 0 radical (unpaired) electrons. The van der Waals surface area contributed by atoms with E-state index in [1.807, 2.05) is 0 Å². The predicted molar refractivity (Wildman–Crippen MR) is 45.5 cm³/mol. The molecule has 92 valence electrons. The highest BCUT2D eigenvalue weighted by Gasteiger charge is 2.64. The van der Waals surface area contributed by atoms with Crippen molar-refractivity contribution in [2.75, 3.05) is 0 Å². The molecule has 0 aromatic rings. The van der Waals surface area contributed by atoms with Crippen LogP contribution in [0.1, 0.15) is 26.7 Å². The van der Waals surface area contributed by atoms with Gasteiger partial charge in [-0.05, 0) is 12.3 Å². The molecule has 0 saturated heterocycles. The van der Waals surface area contributed by atoms with E-state index in [4.69, 9.17) is 4.55 Å². The van der Waals surface area contributed by atoms with Gasteiger partial charge in [-0.3, -0.25) is 4.55 Å². The molecule has 1 N–H and O–H groups in total. The zero-order valence-corrected chi connectivity index (χ0v) is 8.99. The van der Waals surface area contributed by atoms with Crippen LogP contribution in [0.15, 0.2) is 0 Å². The third-order valence-corrected chi connectivity index (χ3v) is 2.73. The Labute approximate surface area is 85.2 Å². The first kappa shape index (κ1) is 14.6. The lowest BCUT2D eigenvalue weighted by Gasteiger charge is -2.24. The molecule has 0 aliphatic rings. The van der Waals surface area contributed by atoms with Crippen molar-refractivity contribution < 1.29 is 30.5 Å². The van der Waals surface area contributed by atoms with Gasteiger partial charge in [0.1, 0.15) is 0 Å². The van der Waals surface area contributed by atoms with Crippen LogP contribution in [0.25, 0.3) is 0 Å². The van der Waals surface area contributed by atoms with Crippen molar-refractivity contribution in [2.45, 2.75) is 37.9 Å². The van der Waals surface area contributed by atoms with Gasteiger partial charge in [-0.15, -0.1) is 0 Å². The maximum atomic E-state index is 12.8. The average Bonchev–Trinajstić information content (AvgIpc) is 1.98. The predicted octanol–water partition coefficient (Wildman–Crippen LogP) is 2.54. The molecule has 0 aliphatic carbocycles. The van der Waals surface area contributed by atoms with Crippen molar-refractivity contribution in [3.05, 3.63) is 0 Å². The minimum absolute atomic E-state index is 0.266. The minimum Gasteiger partial charge on any atom is -0.281 e. The minimum atomic E-state index is -6.09. The standard InChI is InChI=1S/C7H12F4O3S/c1-5(2)3-4-6(8,9)7(10,11)15(12,13)14/h5H,3-4H2,1-2H3,(H,12,13,14). The summed E-state index contributed by atoms with van der Waals surface area (Å²) in [5, 5.41) is -5.44. The van der Waals surface area contributed by atoms with E-state index in [-0.39, 0.29) is 12.3 Å². The molecule has 0 amide bonds. The van der Waals surface area contributed by atoms with Crippen LogP contribution in [0.2, 0.25) is 0 Å². The third-order valence-electron chi connectivity index (χ3n) is 1.79. The normalized spacial score (nSPS) is 14.7. The van der Waals surface area contributed by atoms with Crippen molar-refractivity contribution in [1.82, 2.24) is 0 Å². The van der Waals surface area contributed by atoms with Gasteiger partial charge >= 0.3 is 21.3 Å². The van der Waals surface area contributed by atoms with Gasteiger partial charge in [0, 0.05) is 6.42 Å². The van der Waals surface area contributed by atoms with Gasteiger partial charge in [0.05, 0.1) is 0 Å². The van der Waals surface area contributed by atoms with Gasteiger partial charge in [-0.25, -0.2) is 0 Å². The highest BCUT2D eigenvalue weighted by atomic mass is 32.2. The van der Waals surface area contributed by atoms with Crippen molar-refractivity contribution in [3.8, 4) is 0 Å². The Morgan fingerprint density at radius 2 is 1.60 bits per heavy atom. The lowest BCUT2D eigenvalue weighted by molar-refractivity contribution is -0.165. The van der Waals surface area contributed by atoms with Crippen LogP contribution >= 0.6 is 0 Å². The van der Waals surface area contributed by atoms with Crippen LogP contribution in [0, 0.1) is 5.92 Å². The molecule has 0 aromatic carbocycles. The van der Waals surface area contributed by atoms with E-state index in [9.17, 15) is 26.0 Å². The summed E-state index contributed by atoms with van der Waals surface area (Å²) in [6.07, 6.45) is -1.56. The highest BCUT2D eigenvalue weighted by molar-refractivity contribution is 7.87. The van der Waals surface area contributed by atoms with Crippen LogP contribution in [0.4, 0.5) is 17.6 Å². The molecule has 0 bridgehead atoms. The fourth-order valence-corrected chi connectivity index (χ4v) is 1.28. The molecule has 8 heteroatoms. The molecule has 0 unspecified atom stereocenters. The van der Waals surface area contributed by atoms with E-state index in [0.29, 0.717) is 0 Å². The quantitative estimate of drug-likeness (QED) is 0.604. The molecule has 0 aliphatic heterocycles. The Morgan fingerprint density at radius 1 is 1.20 bits per heavy atom. The van der Waals surface area contributed by atoms with Gasteiger partial charge in [0.2, 0.25) is 0 Å². The molecule has 0 atom stereocenters. The van der Waals surface area contributed by atoms with Crippen LogP contribution in [0.3, 0.4) is 0 Å². The van der Waals surface area contributed by atoms with Gasteiger partial charge < -0.3 is 0 Å². The Balaban J connectivity index is 4.86. The van der Waals surface area contributed by atoms with Crippen LogP contribution in [0.5, 0.6) is 0 Å². The monoisotopic (exact) mass is 252 g/mol. The van der Waals surface area contributed by atoms with Crippen LogP contribution < -0.4 is 0 Å². The van der Waals surface area contributed by atoms with E-state index in [1.165, 1.54) is 13.8 Å². The number of rotatable bonds is 5. The molecule has 0 fully saturated rings. The van der Waals surface area contributed by atoms with E-state index in [2.05, 4.69) is 0 Å². The first-order valence-electron chi connectivity index (χ1n) is 4.14. The van der Waals surface area contributed by atoms with Crippen LogP contribution in [-0.2, 0) is 10.1 Å². The number of halogens is 4. The first-order chi connectivity index (χ1) is 6.42. The molecule has 0 spiro atoms. The first-order valence-corrected chi connectivity index (χ1v) is 5.58. The number of hydrogen-bond donors (Lipinski definition) is 1. The van der Waals surface area contributed by atoms with Gasteiger partial charge in [0.25, 0.3) is 0 Å². The summed E-state index contributed by atoms with van der Waals surface area (Å²) in [4.78, 5) is 0. The van der Waals surface area contributed by atoms with Crippen molar-refractivity contribution in [3.63, 3.8) is 0 Å². The second-order valence-electron chi connectivity index (χ2n) is 3.63. The number of alkyl halides is 4. The maximum absolute atomic E-state index is 12.8. The Bertz CT molecular complexity index is 310. The molecule has 0 aromatic heterocycles. The van der Waals surface area contributed by atoms with E-state index < -0.39 is 27.7 Å². The summed E-state index contributed by atoms with van der Waals surface area (Å²) in [6, 6.07) is 0. The van der Waals surface area contributed by atoms with Crippen molar-refractivity contribution >= 4 is 10.1 Å². The third kappa shape index (κ3) is 3.30. The van der Waals surface area contributed by atoms with E-state index >= 15 is 0 Å². The van der Waals surface area contributed by atoms with E-state index in [1.54, 1.807) is 0 Å². The lowest BCUT2D eigenvalue weighted by Crippen LogP contribution is -2.46. The second kappa shape index (κ2) is 4.25. The summed E-state index contributed by atoms with van der Waals surface area (Å²) >= 11 is 0. The van der Waals surface area contributed by atoms with Gasteiger partial charge in [0.15, 0.2) is 0 Å². The topological polar surface area (TPSA) is 54.4 Å². The smallest absolute Gasteiger partial charge is 0.281 e. The fourth-order valence-electron chi connectivity index (χ4n) is 0.804. The van der Waals surface area contributed by atoms with Crippen LogP contribution in [-0.4, -0.2) is 24.1 Å². The Morgan fingerprint density at radius 3 is 1.87 bits per heavy atom. The molecule has 15 heavy (non-hydrogen) atoms. The molecular formula is C7H12F4O3S. The van der Waals surface area contributed by atoms with Gasteiger partial charge in [-0.1, -0.05) is 13.8 Å². The molecule has 3 nitrogen and oxygen atoms in total. The summed E-state index contributed by atoms with van der Waals surface area (Å²) in [5.74, 6) is -5.03. The van der Waals surface area contributed by atoms with Crippen molar-refractivity contribution in [1.29, 1.82) is 0 Å². The lowest BCUT2D eigenvalue weighted by atomic mass is 10.0. The number of hydrogen-bond acceptors (Lipinski definition) is 2. The average molecular weight is 252 g/mol. The molecular weight excluding hydrogens is 240 g/mol. The molecule has 0 rings (SSSR count). The summed E-state index contributed by atoms with van der Waals surface area (Å²) in [6.45, 7) is 3.06.